The maximum Gasteiger partial charge on any atom is 0.412 e. The van der Waals surface area contributed by atoms with E-state index in [1.54, 1.807) is 33.8 Å². The highest BCUT2D eigenvalue weighted by molar-refractivity contribution is 9.10. The van der Waals surface area contributed by atoms with Crippen LogP contribution in [-0.2, 0) is 9.47 Å². The molecule has 0 aliphatic heterocycles. The summed E-state index contributed by atoms with van der Waals surface area (Å²) in [5, 5.41) is 2.69. The van der Waals surface area contributed by atoms with Crippen LogP contribution in [0.3, 0.4) is 0 Å². The van der Waals surface area contributed by atoms with Crippen LogP contribution in [0.4, 0.5) is 10.5 Å². The molecule has 1 amide bonds. The third-order valence-electron chi connectivity index (χ3n) is 2.18. The van der Waals surface area contributed by atoms with E-state index in [0.29, 0.717) is 4.47 Å². The molecule has 21 heavy (non-hydrogen) atoms. The van der Waals surface area contributed by atoms with Gasteiger partial charge in [0.1, 0.15) is 5.60 Å². The van der Waals surface area contributed by atoms with Crippen LogP contribution in [0.2, 0.25) is 5.02 Å². The van der Waals surface area contributed by atoms with E-state index in [4.69, 9.17) is 21.1 Å². The summed E-state index contributed by atoms with van der Waals surface area (Å²) in [6.45, 7) is 7.12. The first kappa shape index (κ1) is 17.8. The molecule has 0 bridgehead atoms. The van der Waals surface area contributed by atoms with Gasteiger partial charge in [0.15, 0.2) is 0 Å². The van der Waals surface area contributed by atoms with Crippen LogP contribution in [0.15, 0.2) is 16.6 Å². The van der Waals surface area contributed by atoms with Crippen molar-refractivity contribution in [3.05, 3.63) is 27.2 Å². The van der Waals surface area contributed by atoms with Crippen LogP contribution in [0, 0.1) is 0 Å². The largest absolute Gasteiger partial charge is 0.462 e. The Morgan fingerprint density at radius 2 is 1.95 bits per heavy atom. The molecule has 0 heterocycles. The lowest BCUT2D eigenvalue weighted by Crippen LogP contribution is -2.28. The van der Waals surface area contributed by atoms with Gasteiger partial charge in [-0.05, 0) is 39.8 Å². The van der Waals surface area contributed by atoms with Gasteiger partial charge in [0.05, 0.1) is 22.9 Å². The molecule has 0 unspecified atom stereocenters. The van der Waals surface area contributed by atoms with Crippen LogP contribution in [0.25, 0.3) is 0 Å². The molecule has 0 spiro atoms. The quantitative estimate of drug-likeness (QED) is 0.779. The maximum atomic E-state index is 11.9. The first-order valence-electron chi connectivity index (χ1n) is 6.30. The Morgan fingerprint density at radius 1 is 1.33 bits per heavy atom. The van der Waals surface area contributed by atoms with Crippen LogP contribution in [0.5, 0.6) is 0 Å². The number of carbonyl (C=O) groups excluding carboxylic acids is 2. The number of carbonyl (C=O) groups is 2. The number of esters is 1. The molecule has 5 nitrogen and oxygen atoms in total. The van der Waals surface area contributed by atoms with Crippen LogP contribution >= 0.6 is 27.5 Å². The van der Waals surface area contributed by atoms with E-state index in [-0.39, 0.29) is 22.9 Å². The molecule has 0 aromatic heterocycles. The van der Waals surface area contributed by atoms with Crippen LogP contribution in [0.1, 0.15) is 38.1 Å². The predicted molar refractivity (Wildman–Crippen MR) is 85.0 cm³/mol. The third kappa shape index (κ3) is 5.55. The topological polar surface area (TPSA) is 64.6 Å². The van der Waals surface area contributed by atoms with Crippen molar-refractivity contribution in [2.75, 3.05) is 11.9 Å². The standard InChI is InChI=1S/C14H17BrClNO4/c1-5-20-12(18)9-6-8(15)7-10(16)11(9)17-13(19)21-14(2,3)4/h6-7H,5H2,1-4H3,(H,17,19). The van der Waals surface area contributed by atoms with Crippen molar-refractivity contribution in [3.63, 3.8) is 0 Å². The van der Waals surface area contributed by atoms with E-state index in [2.05, 4.69) is 21.2 Å². The molecule has 7 heteroatoms. The Balaban J connectivity index is 3.10. The number of halogens is 2. The lowest BCUT2D eigenvalue weighted by Gasteiger charge is -2.20. The molecule has 0 fully saturated rings. The van der Waals surface area contributed by atoms with Gasteiger partial charge >= 0.3 is 12.1 Å². The molecule has 0 radical (unpaired) electrons. The van der Waals surface area contributed by atoms with Gasteiger partial charge in [0.25, 0.3) is 0 Å². The second-order valence-corrected chi connectivity index (χ2v) is 6.48. The Kier molecular flexibility index (Phi) is 6.04. The lowest BCUT2D eigenvalue weighted by molar-refractivity contribution is 0.0527. The minimum absolute atomic E-state index is 0.155. The van der Waals surface area contributed by atoms with Gasteiger partial charge < -0.3 is 9.47 Å². The summed E-state index contributed by atoms with van der Waals surface area (Å²) < 4.78 is 10.7. The average molecular weight is 379 g/mol. The van der Waals surface area contributed by atoms with E-state index in [1.807, 2.05) is 0 Å². The molecule has 0 saturated carbocycles. The SMILES string of the molecule is CCOC(=O)c1cc(Br)cc(Cl)c1NC(=O)OC(C)(C)C. The van der Waals surface area contributed by atoms with E-state index >= 15 is 0 Å². The first-order chi connectivity index (χ1) is 9.64. The number of amides is 1. The molecule has 0 aliphatic carbocycles. The summed E-state index contributed by atoms with van der Waals surface area (Å²) in [5.41, 5.74) is -0.342. The van der Waals surface area contributed by atoms with Gasteiger partial charge in [0, 0.05) is 4.47 Å². The summed E-state index contributed by atoms with van der Waals surface area (Å²) in [6.07, 6.45) is -0.697. The van der Waals surface area contributed by atoms with Gasteiger partial charge in [-0.25, -0.2) is 9.59 Å². The molecular formula is C14H17BrClNO4. The Bertz CT molecular complexity index is 555. The number of benzene rings is 1. The van der Waals surface area contributed by atoms with Gasteiger partial charge in [-0.2, -0.15) is 0 Å². The molecule has 0 aliphatic rings. The second-order valence-electron chi connectivity index (χ2n) is 5.16. The summed E-state index contributed by atoms with van der Waals surface area (Å²) in [7, 11) is 0. The smallest absolute Gasteiger partial charge is 0.412 e. The molecule has 116 valence electrons. The van der Waals surface area contributed by atoms with E-state index in [1.165, 1.54) is 6.07 Å². The summed E-state index contributed by atoms with van der Waals surface area (Å²) in [6, 6.07) is 3.09. The van der Waals surface area contributed by atoms with Gasteiger partial charge in [-0.3, -0.25) is 5.32 Å². The van der Waals surface area contributed by atoms with Crippen molar-refractivity contribution >= 4 is 45.3 Å². The van der Waals surface area contributed by atoms with Gasteiger partial charge in [-0.1, -0.05) is 27.5 Å². The first-order valence-corrected chi connectivity index (χ1v) is 7.47. The monoisotopic (exact) mass is 377 g/mol. The third-order valence-corrected chi connectivity index (χ3v) is 2.93. The van der Waals surface area contributed by atoms with Crippen LogP contribution in [-0.4, -0.2) is 24.3 Å². The maximum absolute atomic E-state index is 11.9. The minimum Gasteiger partial charge on any atom is -0.462 e. The number of nitrogens with one attached hydrogen (secondary N) is 1. The van der Waals surface area contributed by atoms with Crippen molar-refractivity contribution in [2.24, 2.45) is 0 Å². The zero-order valence-corrected chi connectivity index (χ0v) is 14.6. The van der Waals surface area contributed by atoms with Crippen molar-refractivity contribution in [1.82, 2.24) is 0 Å². The number of hydrogen-bond acceptors (Lipinski definition) is 4. The fraction of sp³-hybridized carbons (Fsp3) is 0.429. The molecule has 1 aromatic carbocycles. The predicted octanol–water partition coefficient (Wildman–Crippen LogP) is 4.63. The normalized spacial score (nSPS) is 11.0. The molecule has 0 saturated heterocycles. The van der Waals surface area contributed by atoms with Gasteiger partial charge in [-0.15, -0.1) is 0 Å². The molecular weight excluding hydrogens is 362 g/mol. The molecule has 0 atom stereocenters. The van der Waals surface area contributed by atoms with Gasteiger partial charge in [0.2, 0.25) is 0 Å². The Hall–Kier alpha value is -1.27. The highest BCUT2D eigenvalue weighted by Gasteiger charge is 2.22. The summed E-state index contributed by atoms with van der Waals surface area (Å²) in [4.78, 5) is 23.8. The highest BCUT2D eigenvalue weighted by Crippen LogP contribution is 2.31. The second kappa shape index (κ2) is 7.13. The minimum atomic E-state index is -0.697. The lowest BCUT2D eigenvalue weighted by atomic mass is 10.1. The number of anilines is 1. The zero-order chi connectivity index (χ0) is 16.2. The fourth-order valence-corrected chi connectivity index (χ4v) is 2.33. The van der Waals surface area contributed by atoms with E-state index in [0.717, 1.165) is 0 Å². The van der Waals surface area contributed by atoms with Crippen LogP contribution < -0.4 is 5.32 Å². The zero-order valence-electron chi connectivity index (χ0n) is 12.3. The van der Waals surface area contributed by atoms with E-state index < -0.39 is 17.7 Å². The molecule has 1 N–H and O–H groups in total. The Morgan fingerprint density at radius 3 is 2.48 bits per heavy atom. The van der Waals surface area contributed by atoms with E-state index in [9.17, 15) is 9.59 Å². The van der Waals surface area contributed by atoms with Crippen molar-refractivity contribution in [3.8, 4) is 0 Å². The highest BCUT2D eigenvalue weighted by atomic mass is 79.9. The number of rotatable bonds is 3. The summed E-state index contributed by atoms with van der Waals surface area (Å²) >= 11 is 9.33. The van der Waals surface area contributed by atoms with Crippen molar-refractivity contribution < 1.29 is 19.1 Å². The van der Waals surface area contributed by atoms with Crippen molar-refractivity contribution in [2.45, 2.75) is 33.3 Å². The number of ether oxygens (including phenoxy) is 2. The number of hydrogen-bond donors (Lipinski definition) is 1. The average Bonchev–Trinajstić information content (AvgIpc) is 2.30. The fourth-order valence-electron chi connectivity index (χ4n) is 1.48. The van der Waals surface area contributed by atoms with Crippen molar-refractivity contribution in [1.29, 1.82) is 0 Å². The molecule has 1 rings (SSSR count). The Labute approximate surface area is 137 Å². The summed E-state index contributed by atoms with van der Waals surface area (Å²) in [5.74, 6) is -0.577. The molecule has 1 aromatic rings.